The lowest BCUT2D eigenvalue weighted by Crippen LogP contribution is -2.21. The first-order valence-electron chi connectivity index (χ1n) is 11.7. The maximum atomic E-state index is 13.2. The number of allylic oxidation sites excluding steroid dienone is 4. The van der Waals surface area contributed by atoms with Crippen molar-refractivity contribution in [2.45, 2.75) is 101 Å². The molecular weight excluding hydrogens is 401 g/mol. The van der Waals surface area contributed by atoms with Crippen molar-refractivity contribution in [3.63, 3.8) is 0 Å². The standard InChI is InChI=1S/C24H40FNO3S/c1-30-21(14-10-18-8-12-20(25)13-9-18)15-16-22-19(11-17-23(22)27)6-4-2-3-5-7-24(28)26-29/h8-9,12,19-23,27,29H,2-7,10-11,13-17H2,1H3,(H,26,28)/t19-,20?,21?,22?,23+/m0/s1. The highest BCUT2D eigenvalue weighted by molar-refractivity contribution is 7.99. The van der Waals surface area contributed by atoms with Crippen molar-refractivity contribution in [2.24, 2.45) is 11.8 Å². The van der Waals surface area contributed by atoms with E-state index >= 15 is 0 Å². The molecule has 1 fully saturated rings. The Morgan fingerprint density at radius 3 is 2.73 bits per heavy atom. The van der Waals surface area contributed by atoms with Gasteiger partial charge in [-0.15, -0.1) is 0 Å². The number of nitrogens with one attached hydrogen (secondary N) is 1. The van der Waals surface area contributed by atoms with Gasteiger partial charge in [-0.25, -0.2) is 9.87 Å². The molecule has 30 heavy (non-hydrogen) atoms. The van der Waals surface area contributed by atoms with Crippen LogP contribution in [0.2, 0.25) is 0 Å². The fourth-order valence-electron chi connectivity index (χ4n) is 4.93. The van der Waals surface area contributed by atoms with Crippen LogP contribution in [0, 0.1) is 11.8 Å². The van der Waals surface area contributed by atoms with E-state index in [9.17, 15) is 14.3 Å². The van der Waals surface area contributed by atoms with Crippen molar-refractivity contribution in [2.75, 3.05) is 6.26 Å². The fraction of sp³-hybridized carbons (Fsp3) is 0.792. The lowest BCUT2D eigenvalue weighted by atomic mass is 9.85. The van der Waals surface area contributed by atoms with E-state index in [-0.39, 0.29) is 12.0 Å². The van der Waals surface area contributed by atoms with Crippen molar-refractivity contribution in [3.8, 4) is 0 Å². The van der Waals surface area contributed by atoms with E-state index in [1.54, 1.807) is 11.6 Å². The summed E-state index contributed by atoms with van der Waals surface area (Å²) in [5.41, 5.74) is 2.94. The van der Waals surface area contributed by atoms with E-state index in [0.29, 0.717) is 29.9 Å². The predicted molar refractivity (Wildman–Crippen MR) is 122 cm³/mol. The van der Waals surface area contributed by atoms with Gasteiger partial charge in [0.2, 0.25) is 5.91 Å². The van der Waals surface area contributed by atoms with Crippen LogP contribution >= 0.6 is 11.8 Å². The number of alkyl halides is 1. The number of hydrogen-bond acceptors (Lipinski definition) is 4. The first-order valence-corrected chi connectivity index (χ1v) is 13.0. The molecule has 0 radical (unpaired) electrons. The first-order chi connectivity index (χ1) is 14.5. The van der Waals surface area contributed by atoms with E-state index in [1.165, 1.54) is 12.0 Å². The number of amides is 1. The van der Waals surface area contributed by atoms with Gasteiger partial charge >= 0.3 is 0 Å². The summed E-state index contributed by atoms with van der Waals surface area (Å²) in [4.78, 5) is 11.0. The molecule has 6 heteroatoms. The summed E-state index contributed by atoms with van der Waals surface area (Å²) in [7, 11) is 0. The van der Waals surface area contributed by atoms with Crippen LogP contribution in [0.5, 0.6) is 0 Å². The second-order valence-electron chi connectivity index (χ2n) is 8.92. The largest absolute Gasteiger partial charge is 0.393 e. The highest BCUT2D eigenvalue weighted by atomic mass is 32.2. The zero-order valence-corrected chi connectivity index (χ0v) is 19.2. The molecule has 0 spiro atoms. The lowest BCUT2D eigenvalue weighted by Gasteiger charge is -2.24. The van der Waals surface area contributed by atoms with E-state index < -0.39 is 6.17 Å². The highest BCUT2D eigenvalue weighted by Crippen LogP contribution is 2.40. The molecule has 2 rings (SSSR count). The molecule has 0 bridgehead atoms. The Morgan fingerprint density at radius 1 is 1.23 bits per heavy atom. The van der Waals surface area contributed by atoms with Crippen LogP contribution in [-0.4, -0.2) is 40.0 Å². The number of hydroxylamine groups is 1. The number of rotatable bonds is 14. The SMILES string of the molecule is CSC(CCC1=CCC(F)C=C1)CCC1[C@@H](CCCCCCC(=O)NO)CC[C@H]1O. The molecule has 0 aromatic rings. The van der Waals surface area contributed by atoms with Crippen LogP contribution in [0.4, 0.5) is 4.39 Å². The zero-order chi connectivity index (χ0) is 21.8. The molecule has 0 aromatic carbocycles. The van der Waals surface area contributed by atoms with Crippen LogP contribution in [0.1, 0.15) is 83.5 Å². The van der Waals surface area contributed by atoms with Crippen LogP contribution in [0.3, 0.4) is 0 Å². The summed E-state index contributed by atoms with van der Waals surface area (Å²) in [6, 6.07) is 0. The number of carbonyl (C=O) groups is 1. The van der Waals surface area contributed by atoms with Gasteiger partial charge in [0.15, 0.2) is 0 Å². The fourth-order valence-corrected chi connectivity index (χ4v) is 5.65. The van der Waals surface area contributed by atoms with Crippen molar-refractivity contribution < 1.29 is 19.5 Å². The molecule has 0 aromatic heterocycles. The highest BCUT2D eigenvalue weighted by Gasteiger charge is 2.34. The van der Waals surface area contributed by atoms with Gasteiger partial charge in [0.05, 0.1) is 6.10 Å². The van der Waals surface area contributed by atoms with Gasteiger partial charge < -0.3 is 5.11 Å². The number of aliphatic hydroxyl groups excluding tert-OH is 1. The molecule has 172 valence electrons. The Hall–Kier alpha value is -0.850. The molecule has 2 aliphatic carbocycles. The maximum Gasteiger partial charge on any atom is 0.243 e. The van der Waals surface area contributed by atoms with Gasteiger partial charge in [-0.2, -0.15) is 11.8 Å². The molecule has 0 saturated heterocycles. The molecule has 5 atom stereocenters. The minimum Gasteiger partial charge on any atom is -0.393 e. The summed E-state index contributed by atoms with van der Waals surface area (Å²) in [5.74, 6) is 0.731. The van der Waals surface area contributed by atoms with Crippen molar-refractivity contribution in [3.05, 3.63) is 23.8 Å². The average Bonchev–Trinajstić information content (AvgIpc) is 3.11. The third kappa shape index (κ3) is 9.11. The number of aliphatic hydroxyl groups is 1. The molecule has 3 N–H and O–H groups in total. The Morgan fingerprint density at radius 2 is 2.03 bits per heavy atom. The van der Waals surface area contributed by atoms with Gasteiger partial charge in [0.25, 0.3) is 0 Å². The van der Waals surface area contributed by atoms with Crippen molar-refractivity contribution in [1.82, 2.24) is 5.48 Å². The van der Waals surface area contributed by atoms with Gasteiger partial charge in [0, 0.05) is 18.1 Å². The second kappa shape index (κ2) is 14.3. The van der Waals surface area contributed by atoms with E-state index in [4.69, 9.17) is 5.21 Å². The summed E-state index contributed by atoms with van der Waals surface area (Å²) in [5, 5.41) is 19.6. The summed E-state index contributed by atoms with van der Waals surface area (Å²) in [6.45, 7) is 0. The Balaban J connectivity index is 1.65. The Bertz CT molecular complexity index is 569. The van der Waals surface area contributed by atoms with Gasteiger partial charge in [-0.3, -0.25) is 10.0 Å². The lowest BCUT2D eigenvalue weighted by molar-refractivity contribution is -0.129. The van der Waals surface area contributed by atoms with Gasteiger partial charge in [-0.05, 0) is 63.0 Å². The van der Waals surface area contributed by atoms with Crippen molar-refractivity contribution >= 4 is 17.7 Å². The molecule has 0 heterocycles. The van der Waals surface area contributed by atoms with Crippen LogP contribution in [0.15, 0.2) is 23.8 Å². The second-order valence-corrected chi connectivity index (χ2v) is 10.1. The number of unbranched alkanes of at least 4 members (excludes halogenated alkanes) is 3. The van der Waals surface area contributed by atoms with Gasteiger partial charge in [0.1, 0.15) is 6.17 Å². The number of hydrogen-bond donors (Lipinski definition) is 3. The average molecular weight is 442 g/mol. The third-order valence-electron chi connectivity index (χ3n) is 6.82. The quantitative estimate of drug-likeness (QED) is 0.183. The number of thioether (sulfide) groups is 1. The maximum absolute atomic E-state index is 13.2. The normalized spacial score (nSPS) is 27.1. The van der Waals surface area contributed by atoms with Crippen LogP contribution < -0.4 is 5.48 Å². The molecule has 4 nitrogen and oxygen atoms in total. The predicted octanol–water partition coefficient (Wildman–Crippen LogP) is 5.74. The van der Waals surface area contributed by atoms with E-state index in [1.807, 2.05) is 23.9 Å². The number of halogens is 1. The zero-order valence-electron chi connectivity index (χ0n) is 18.4. The van der Waals surface area contributed by atoms with Crippen molar-refractivity contribution in [1.29, 1.82) is 0 Å². The minimum atomic E-state index is -0.814. The molecular formula is C24H40FNO3S. The summed E-state index contributed by atoms with van der Waals surface area (Å²) >= 11 is 1.92. The molecule has 1 amide bonds. The topological polar surface area (TPSA) is 69.6 Å². The summed E-state index contributed by atoms with van der Waals surface area (Å²) in [6.07, 6.45) is 19.4. The van der Waals surface area contributed by atoms with E-state index in [2.05, 4.69) is 6.26 Å². The van der Waals surface area contributed by atoms with Crippen LogP contribution in [0.25, 0.3) is 0 Å². The third-order valence-corrected chi connectivity index (χ3v) is 7.96. The Labute approximate surface area is 185 Å². The molecule has 0 aliphatic heterocycles. The monoisotopic (exact) mass is 441 g/mol. The summed E-state index contributed by atoms with van der Waals surface area (Å²) < 4.78 is 13.2. The molecule has 2 aliphatic rings. The van der Waals surface area contributed by atoms with Gasteiger partial charge in [-0.1, -0.05) is 49.5 Å². The smallest absolute Gasteiger partial charge is 0.243 e. The van der Waals surface area contributed by atoms with Crippen LogP contribution in [-0.2, 0) is 4.79 Å². The molecule has 3 unspecified atom stereocenters. The first kappa shape index (κ1) is 25.4. The Kier molecular flexibility index (Phi) is 12.1. The number of carbonyl (C=O) groups excluding carboxylic acids is 1. The molecule has 1 saturated carbocycles. The van der Waals surface area contributed by atoms with E-state index in [0.717, 1.165) is 64.2 Å². The minimum absolute atomic E-state index is 0.156.